The first kappa shape index (κ1) is 25.9. The predicted molar refractivity (Wildman–Crippen MR) is 128 cm³/mol. The van der Waals surface area contributed by atoms with Crippen LogP contribution in [0.5, 0.6) is 0 Å². The molecule has 0 bridgehead atoms. The summed E-state index contributed by atoms with van der Waals surface area (Å²) >= 11 is 0. The maximum Gasteiger partial charge on any atom is 0.331 e. The Morgan fingerprint density at radius 1 is 1.14 bits per heavy atom. The minimum absolute atomic E-state index is 0.163. The fraction of sp³-hybridized carbons (Fsp3) is 0.571. The van der Waals surface area contributed by atoms with E-state index in [-0.39, 0.29) is 12.2 Å². The molecule has 1 aliphatic heterocycles. The van der Waals surface area contributed by atoms with Crippen LogP contribution in [0.4, 0.5) is 0 Å². The monoisotopic (exact) mass is 498 g/mol. The number of ether oxygens (including phenoxy) is 3. The Balaban J connectivity index is 1.96. The van der Waals surface area contributed by atoms with Crippen molar-refractivity contribution in [1.82, 2.24) is 0 Å². The van der Waals surface area contributed by atoms with Crippen LogP contribution in [0.3, 0.4) is 0 Å². The first-order valence-corrected chi connectivity index (χ1v) is 12.1. The van der Waals surface area contributed by atoms with Crippen LogP contribution in [0.25, 0.3) is 0 Å². The summed E-state index contributed by atoms with van der Waals surface area (Å²) in [7, 11) is 2.57. The van der Waals surface area contributed by atoms with Crippen LogP contribution in [0.2, 0.25) is 0 Å². The van der Waals surface area contributed by atoms with E-state index in [9.17, 15) is 19.2 Å². The van der Waals surface area contributed by atoms with Gasteiger partial charge in [-0.25, -0.2) is 4.79 Å². The molecule has 5 atom stereocenters. The number of allylic oxidation sites excluding steroid dienone is 2. The zero-order valence-electron chi connectivity index (χ0n) is 21.9. The van der Waals surface area contributed by atoms with Gasteiger partial charge in [0.05, 0.1) is 38.6 Å². The third kappa shape index (κ3) is 3.26. The number of esters is 3. The lowest BCUT2D eigenvalue weighted by atomic mass is 9.48. The smallest absolute Gasteiger partial charge is 0.331 e. The summed E-state index contributed by atoms with van der Waals surface area (Å²) in [6.45, 7) is 9.13. The summed E-state index contributed by atoms with van der Waals surface area (Å²) in [6, 6.07) is 1.78. The molecule has 2 aliphatic carbocycles. The van der Waals surface area contributed by atoms with Crippen molar-refractivity contribution < 1.29 is 37.8 Å². The number of cyclic esters (lactones) is 1. The van der Waals surface area contributed by atoms with Crippen LogP contribution < -0.4 is 0 Å². The maximum absolute atomic E-state index is 14.0. The molecule has 0 amide bonds. The number of hydrogen-bond acceptors (Lipinski definition) is 8. The third-order valence-electron chi connectivity index (χ3n) is 9.31. The van der Waals surface area contributed by atoms with E-state index in [1.165, 1.54) is 26.6 Å². The molecule has 0 saturated heterocycles. The van der Waals surface area contributed by atoms with E-state index >= 15 is 0 Å². The second-order valence-corrected chi connectivity index (χ2v) is 11.2. The molecule has 3 aliphatic rings. The highest BCUT2D eigenvalue weighted by molar-refractivity contribution is 6.02. The lowest BCUT2D eigenvalue weighted by Gasteiger charge is -2.53. The quantitative estimate of drug-likeness (QED) is 0.416. The van der Waals surface area contributed by atoms with E-state index < -0.39 is 51.6 Å². The SMILES string of the molecule is COC(=O)C[C@@H](C(C)(C)C(=O)OC)[C@]1(C)C(=O)C=C(C)[C@]12CC[C@]1(C)C2=CC(=O)O[C@H]1c1ccoc1. The Morgan fingerprint density at radius 3 is 2.42 bits per heavy atom. The van der Waals surface area contributed by atoms with Crippen molar-refractivity contribution in [2.24, 2.45) is 27.6 Å². The Hall–Kier alpha value is -3.16. The number of carbonyl (C=O) groups is 4. The van der Waals surface area contributed by atoms with Crippen LogP contribution in [0, 0.1) is 27.6 Å². The van der Waals surface area contributed by atoms with Gasteiger partial charge in [-0.15, -0.1) is 0 Å². The van der Waals surface area contributed by atoms with Gasteiger partial charge in [0.1, 0.15) is 6.10 Å². The number of rotatable bonds is 6. The molecule has 4 rings (SSSR count). The zero-order valence-corrected chi connectivity index (χ0v) is 21.9. The lowest BCUT2D eigenvalue weighted by Crippen LogP contribution is -2.55. The van der Waals surface area contributed by atoms with E-state index in [4.69, 9.17) is 18.6 Å². The predicted octanol–water partition coefficient (Wildman–Crippen LogP) is 4.50. The van der Waals surface area contributed by atoms with Crippen molar-refractivity contribution in [3.8, 4) is 0 Å². The van der Waals surface area contributed by atoms with Crippen molar-refractivity contribution in [3.63, 3.8) is 0 Å². The first-order chi connectivity index (χ1) is 16.8. The molecule has 194 valence electrons. The molecule has 0 aromatic carbocycles. The molecule has 1 aromatic heterocycles. The van der Waals surface area contributed by atoms with Crippen LogP contribution in [-0.2, 0) is 33.4 Å². The van der Waals surface area contributed by atoms with Crippen LogP contribution in [0.15, 0.2) is 46.3 Å². The standard InChI is InChI=1S/C28H34O8/c1-16-12-20(29)27(5,18(13-21(30)33-6)25(2,3)24(32)34-7)28(16)10-9-26(4)19(28)14-22(31)36-23(26)17-8-11-35-15-17/h8,11-12,14-15,18,23H,9-10,13H2,1-7H3/t18-,23-,26+,27+,28-/m0/s1. The number of furan rings is 1. The van der Waals surface area contributed by atoms with Crippen molar-refractivity contribution in [2.75, 3.05) is 14.2 Å². The van der Waals surface area contributed by atoms with Crippen LogP contribution >= 0.6 is 0 Å². The highest BCUT2D eigenvalue weighted by Crippen LogP contribution is 2.74. The molecule has 1 aromatic rings. The topological polar surface area (TPSA) is 109 Å². The summed E-state index contributed by atoms with van der Waals surface area (Å²) in [6.07, 6.45) is 6.63. The summed E-state index contributed by atoms with van der Waals surface area (Å²) in [5.74, 6) is -2.52. The van der Waals surface area contributed by atoms with Gasteiger partial charge in [-0.05, 0) is 57.2 Å². The second kappa shape index (κ2) is 8.46. The van der Waals surface area contributed by atoms with E-state index in [1.807, 2.05) is 20.8 Å². The minimum Gasteiger partial charge on any atom is -0.472 e. The molecule has 1 fully saturated rings. The van der Waals surface area contributed by atoms with E-state index in [0.29, 0.717) is 12.8 Å². The average molecular weight is 499 g/mol. The van der Waals surface area contributed by atoms with Gasteiger partial charge in [-0.3, -0.25) is 14.4 Å². The number of carbonyl (C=O) groups excluding carboxylic acids is 4. The van der Waals surface area contributed by atoms with Gasteiger partial charge >= 0.3 is 17.9 Å². The van der Waals surface area contributed by atoms with Crippen molar-refractivity contribution >= 4 is 23.7 Å². The first-order valence-electron chi connectivity index (χ1n) is 12.1. The van der Waals surface area contributed by atoms with Crippen molar-refractivity contribution in [2.45, 2.75) is 60.0 Å². The van der Waals surface area contributed by atoms with Gasteiger partial charge in [0.25, 0.3) is 0 Å². The summed E-state index contributed by atoms with van der Waals surface area (Å²) in [5.41, 5.74) is -1.63. The Morgan fingerprint density at radius 2 is 1.83 bits per heavy atom. The highest BCUT2D eigenvalue weighted by Gasteiger charge is 2.71. The van der Waals surface area contributed by atoms with Crippen LogP contribution in [0.1, 0.15) is 65.5 Å². The normalized spacial score (nSPS) is 32.5. The van der Waals surface area contributed by atoms with Gasteiger partial charge in [0, 0.05) is 27.9 Å². The molecule has 36 heavy (non-hydrogen) atoms. The molecule has 1 saturated carbocycles. The van der Waals surface area contributed by atoms with Crippen molar-refractivity contribution in [3.05, 3.63) is 47.5 Å². The molecule has 0 unspecified atom stereocenters. The largest absolute Gasteiger partial charge is 0.472 e. The van der Waals surface area contributed by atoms with E-state index in [1.54, 1.807) is 32.3 Å². The Kier molecular flexibility index (Phi) is 6.09. The van der Waals surface area contributed by atoms with Gasteiger partial charge in [0.2, 0.25) is 0 Å². The molecule has 0 radical (unpaired) electrons. The van der Waals surface area contributed by atoms with E-state index in [2.05, 4.69) is 0 Å². The van der Waals surface area contributed by atoms with Gasteiger partial charge in [-0.2, -0.15) is 0 Å². The maximum atomic E-state index is 14.0. The molecule has 8 heteroatoms. The number of hydrogen-bond donors (Lipinski definition) is 0. The fourth-order valence-electron chi connectivity index (χ4n) is 7.37. The summed E-state index contributed by atoms with van der Waals surface area (Å²) in [4.78, 5) is 52.6. The minimum atomic E-state index is -1.23. The molecular formula is C28H34O8. The number of methoxy groups -OCH3 is 2. The molecule has 2 heterocycles. The lowest BCUT2D eigenvalue weighted by molar-refractivity contribution is -0.165. The summed E-state index contributed by atoms with van der Waals surface area (Å²) in [5, 5.41) is 0. The third-order valence-corrected chi connectivity index (χ3v) is 9.31. The molecule has 1 spiro atoms. The van der Waals surface area contributed by atoms with Gasteiger partial charge < -0.3 is 18.6 Å². The highest BCUT2D eigenvalue weighted by atomic mass is 16.5. The van der Waals surface area contributed by atoms with Gasteiger partial charge in [-0.1, -0.05) is 19.4 Å². The second-order valence-electron chi connectivity index (χ2n) is 11.2. The number of ketones is 1. The molecule has 0 N–H and O–H groups in total. The van der Waals surface area contributed by atoms with Crippen LogP contribution in [-0.4, -0.2) is 37.9 Å². The van der Waals surface area contributed by atoms with Gasteiger partial charge in [0.15, 0.2) is 5.78 Å². The fourth-order valence-corrected chi connectivity index (χ4v) is 7.37. The number of fused-ring (bicyclic) bond motifs is 2. The average Bonchev–Trinajstić information content (AvgIpc) is 3.51. The Labute approximate surface area is 211 Å². The summed E-state index contributed by atoms with van der Waals surface area (Å²) < 4.78 is 21.2. The molecule has 8 nitrogen and oxygen atoms in total. The van der Waals surface area contributed by atoms with Crippen molar-refractivity contribution in [1.29, 1.82) is 0 Å². The van der Waals surface area contributed by atoms with E-state index in [0.717, 1.165) is 16.7 Å². The zero-order chi connectivity index (χ0) is 26.7. The molecular weight excluding hydrogens is 464 g/mol. The Bertz CT molecular complexity index is 1170.